The molecule has 0 unspecified atom stereocenters. The highest BCUT2D eigenvalue weighted by Crippen LogP contribution is 2.05. The SMILES string of the molecule is NC(=O)CCCCNC(=O)c1cccc(C(=O)O)c1. The van der Waals surface area contributed by atoms with Crippen molar-refractivity contribution in [1.82, 2.24) is 5.32 Å². The molecule has 2 amide bonds. The maximum absolute atomic E-state index is 11.7. The van der Waals surface area contributed by atoms with E-state index in [1.54, 1.807) is 6.07 Å². The smallest absolute Gasteiger partial charge is 0.335 e. The first kappa shape index (κ1) is 14.7. The molecule has 1 rings (SSSR count). The van der Waals surface area contributed by atoms with Gasteiger partial charge in [0.1, 0.15) is 0 Å². The Morgan fingerprint density at radius 2 is 1.84 bits per heavy atom. The van der Waals surface area contributed by atoms with Crippen LogP contribution in [0, 0.1) is 0 Å². The van der Waals surface area contributed by atoms with Crippen LogP contribution in [0.15, 0.2) is 24.3 Å². The predicted octanol–water partition coefficient (Wildman–Crippen LogP) is 0.770. The van der Waals surface area contributed by atoms with Crippen LogP contribution in [0.4, 0.5) is 0 Å². The number of carbonyl (C=O) groups excluding carboxylic acids is 2. The molecule has 4 N–H and O–H groups in total. The van der Waals surface area contributed by atoms with E-state index in [1.807, 2.05) is 0 Å². The van der Waals surface area contributed by atoms with Crippen LogP contribution in [0.25, 0.3) is 0 Å². The second-order valence-corrected chi connectivity index (χ2v) is 4.07. The molecule has 19 heavy (non-hydrogen) atoms. The number of hydrogen-bond donors (Lipinski definition) is 3. The van der Waals surface area contributed by atoms with E-state index in [4.69, 9.17) is 10.8 Å². The first-order chi connectivity index (χ1) is 9.00. The third-order valence-electron chi connectivity index (χ3n) is 2.51. The Hall–Kier alpha value is -2.37. The number of hydrogen-bond acceptors (Lipinski definition) is 3. The summed E-state index contributed by atoms with van der Waals surface area (Å²) in [7, 11) is 0. The quantitative estimate of drug-likeness (QED) is 0.632. The van der Waals surface area contributed by atoms with Gasteiger partial charge in [-0.2, -0.15) is 0 Å². The number of carboxylic acids is 1. The summed E-state index contributed by atoms with van der Waals surface area (Å²) in [6, 6.07) is 5.81. The van der Waals surface area contributed by atoms with Crippen LogP contribution in [0.3, 0.4) is 0 Å². The monoisotopic (exact) mass is 264 g/mol. The van der Waals surface area contributed by atoms with E-state index in [9.17, 15) is 14.4 Å². The Bertz CT molecular complexity index is 485. The third kappa shape index (κ3) is 5.20. The molecule has 0 heterocycles. The van der Waals surface area contributed by atoms with Gasteiger partial charge < -0.3 is 16.2 Å². The van der Waals surface area contributed by atoms with Crippen molar-refractivity contribution < 1.29 is 19.5 Å². The first-order valence-electron chi connectivity index (χ1n) is 5.90. The van der Waals surface area contributed by atoms with Gasteiger partial charge in [0.15, 0.2) is 0 Å². The number of rotatable bonds is 7. The molecule has 1 aromatic carbocycles. The lowest BCUT2D eigenvalue weighted by atomic mass is 10.1. The average molecular weight is 264 g/mol. The van der Waals surface area contributed by atoms with E-state index >= 15 is 0 Å². The minimum absolute atomic E-state index is 0.0707. The van der Waals surface area contributed by atoms with E-state index in [0.29, 0.717) is 31.4 Å². The van der Waals surface area contributed by atoms with Gasteiger partial charge in [-0.25, -0.2) is 4.79 Å². The fourth-order valence-corrected chi connectivity index (χ4v) is 1.52. The molecule has 0 fully saturated rings. The number of benzene rings is 1. The van der Waals surface area contributed by atoms with Crippen LogP contribution in [-0.2, 0) is 4.79 Å². The summed E-state index contributed by atoms with van der Waals surface area (Å²) < 4.78 is 0. The minimum atomic E-state index is -1.07. The minimum Gasteiger partial charge on any atom is -0.478 e. The molecule has 1 aromatic rings. The van der Waals surface area contributed by atoms with Crippen molar-refractivity contribution in [3.8, 4) is 0 Å². The Morgan fingerprint density at radius 3 is 2.47 bits per heavy atom. The molecule has 0 bridgehead atoms. The summed E-state index contributed by atoms with van der Waals surface area (Å²) in [5.74, 6) is -1.77. The highest BCUT2D eigenvalue weighted by Gasteiger charge is 2.08. The number of unbranched alkanes of at least 4 members (excludes halogenated alkanes) is 1. The number of aromatic carboxylic acids is 1. The highest BCUT2D eigenvalue weighted by atomic mass is 16.4. The molecule has 0 aliphatic heterocycles. The second kappa shape index (κ2) is 7.15. The van der Waals surface area contributed by atoms with Gasteiger partial charge in [0.05, 0.1) is 5.56 Å². The van der Waals surface area contributed by atoms with Crippen molar-refractivity contribution in [1.29, 1.82) is 0 Å². The molecule has 0 saturated heterocycles. The largest absolute Gasteiger partial charge is 0.478 e. The van der Waals surface area contributed by atoms with E-state index in [2.05, 4.69) is 5.32 Å². The van der Waals surface area contributed by atoms with Crippen molar-refractivity contribution >= 4 is 17.8 Å². The fourth-order valence-electron chi connectivity index (χ4n) is 1.52. The van der Waals surface area contributed by atoms with Crippen molar-refractivity contribution in [2.45, 2.75) is 19.3 Å². The van der Waals surface area contributed by atoms with Gasteiger partial charge >= 0.3 is 5.97 Å². The topological polar surface area (TPSA) is 109 Å². The number of nitrogens with two attached hydrogens (primary N) is 1. The standard InChI is InChI=1S/C13H16N2O4/c14-11(16)6-1-2-7-15-12(17)9-4-3-5-10(8-9)13(18)19/h3-5,8H,1-2,6-7H2,(H2,14,16)(H,15,17)(H,18,19). The zero-order valence-corrected chi connectivity index (χ0v) is 10.4. The lowest BCUT2D eigenvalue weighted by Crippen LogP contribution is -2.25. The number of amides is 2. The van der Waals surface area contributed by atoms with E-state index in [-0.39, 0.29) is 17.4 Å². The normalized spacial score (nSPS) is 9.89. The summed E-state index contributed by atoms with van der Waals surface area (Å²) in [5.41, 5.74) is 5.36. The van der Waals surface area contributed by atoms with Gasteiger partial charge in [0.25, 0.3) is 5.91 Å². The Balaban J connectivity index is 2.43. The molecule has 0 atom stereocenters. The van der Waals surface area contributed by atoms with Gasteiger partial charge in [-0.3, -0.25) is 9.59 Å². The van der Waals surface area contributed by atoms with Gasteiger partial charge in [0, 0.05) is 18.5 Å². The highest BCUT2D eigenvalue weighted by molar-refractivity contribution is 5.97. The second-order valence-electron chi connectivity index (χ2n) is 4.07. The van der Waals surface area contributed by atoms with Crippen LogP contribution < -0.4 is 11.1 Å². The van der Waals surface area contributed by atoms with Crippen molar-refractivity contribution in [3.05, 3.63) is 35.4 Å². The maximum atomic E-state index is 11.7. The molecule has 0 aliphatic rings. The molecule has 6 heteroatoms. The maximum Gasteiger partial charge on any atom is 0.335 e. The Labute approximate surface area is 110 Å². The van der Waals surface area contributed by atoms with Crippen LogP contribution in [0.2, 0.25) is 0 Å². The zero-order valence-electron chi connectivity index (χ0n) is 10.4. The van der Waals surface area contributed by atoms with Crippen LogP contribution in [-0.4, -0.2) is 29.4 Å². The molecule has 6 nitrogen and oxygen atoms in total. The average Bonchev–Trinajstić information content (AvgIpc) is 2.37. The summed E-state index contributed by atoms with van der Waals surface area (Å²) in [4.78, 5) is 33.0. The lowest BCUT2D eigenvalue weighted by molar-refractivity contribution is -0.118. The van der Waals surface area contributed by atoms with E-state index < -0.39 is 5.97 Å². The fraction of sp³-hybridized carbons (Fsp3) is 0.308. The van der Waals surface area contributed by atoms with Crippen molar-refractivity contribution in [2.24, 2.45) is 5.73 Å². The van der Waals surface area contributed by atoms with Gasteiger partial charge in [0.2, 0.25) is 5.91 Å². The van der Waals surface area contributed by atoms with Crippen LogP contribution in [0.5, 0.6) is 0 Å². The molecule has 0 aromatic heterocycles. The van der Waals surface area contributed by atoms with Crippen molar-refractivity contribution in [3.63, 3.8) is 0 Å². The molecule has 0 saturated carbocycles. The first-order valence-corrected chi connectivity index (χ1v) is 5.90. The summed E-state index contributed by atoms with van der Waals surface area (Å²) in [6.07, 6.45) is 1.56. The van der Waals surface area contributed by atoms with Gasteiger partial charge in [-0.05, 0) is 31.0 Å². The number of nitrogens with one attached hydrogen (secondary N) is 1. The zero-order chi connectivity index (χ0) is 14.3. The van der Waals surface area contributed by atoms with Crippen LogP contribution >= 0.6 is 0 Å². The molecule has 102 valence electrons. The molecular weight excluding hydrogens is 248 g/mol. The Kier molecular flexibility index (Phi) is 5.53. The van der Waals surface area contributed by atoms with Gasteiger partial charge in [-0.1, -0.05) is 6.07 Å². The molecule has 0 radical (unpaired) electrons. The number of primary amides is 1. The molecular formula is C13H16N2O4. The lowest BCUT2D eigenvalue weighted by Gasteiger charge is -2.05. The van der Waals surface area contributed by atoms with Gasteiger partial charge in [-0.15, -0.1) is 0 Å². The summed E-state index contributed by atoms with van der Waals surface area (Å²) in [6.45, 7) is 0.420. The third-order valence-corrected chi connectivity index (χ3v) is 2.51. The Morgan fingerprint density at radius 1 is 1.16 bits per heavy atom. The number of carbonyl (C=O) groups is 3. The molecule has 0 spiro atoms. The summed E-state index contributed by atoms with van der Waals surface area (Å²) >= 11 is 0. The summed E-state index contributed by atoms with van der Waals surface area (Å²) in [5, 5.41) is 11.5. The van der Waals surface area contributed by atoms with E-state index in [1.165, 1.54) is 18.2 Å². The molecule has 0 aliphatic carbocycles. The van der Waals surface area contributed by atoms with Crippen molar-refractivity contribution in [2.75, 3.05) is 6.54 Å². The van der Waals surface area contributed by atoms with Crippen LogP contribution in [0.1, 0.15) is 40.0 Å². The number of carboxylic acid groups (broad SMARTS) is 1. The predicted molar refractivity (Wildman–Crippen MR) is 68.8 cm³/mol. The van der Waals surface area contributed by atoms with E-state index in [0.717, 1.165) is 0 Å².